The van der Waals surface area contributed by atoms with Gasteiger partial charge in [-0.2, -0.15) is 13.9 Å². The van der Waals surface area contributed by atoms with Crippen molar-refractivity contribution in [3.8, 4) is 0 Å². The van der Waals surface area contributed by atoms with Crippen molar-refractivity contribution >= 4 is 41.9 Å². The molecule has 0 saturated carbocycles. The van der Waals surface area contributed by atoms with Gasteiger partial charge in [0, 0.05) is 36.4 Å². The molecule has 0 atom stereocenters. The fraction of sp³-hybridized carbons (Fsp3) is 0. The summed E-state index contributed by atoms with van der Waals surface area (Å²) in [6.45, 7) is 0. The van der Waals surface area contributed by atoms with Gasteiger partial charge in [0.25, 0.3) is 17.1 Å². The molecule has 35 heavy (non-hydrogen) atoms. The van der Waals surface area contributed by atoms with Crippen molar-refractivity contribution in [1.82, 2.24) is 0 Å². The van der Waals surface area contributed by atoms with Crippen LogP contribution in [0.15, 0.2) is 72.8 Å². The molecular weight excluding hydrogens is 491 g/mol. The first-order chi connectivity index (χ1) is 16.6. The van der Waals surface area contributed by atoms with Crippen LogP contribution in [-0.2, 0) is 18.4 Å². The Morgan fingerprint density at radius 2 is 0.743 bits per heavy atom. The SMILES string of the molecule is O=[N+]([O-])c1ccc(NOP(=O)(ONc2ccc([N+](=O)[O-])cc2)ONc2ccc([N+](=O)[O-])cc2)cc1. The summed E-state index contributed by atoms with van der Waals surface area (Å²) in [7, 11) is -4.54. The number of non-ortho nitro benzene ring substituents is 3. The molecule has 0 aliphatic heterocycles. The smallest absolute Gasteiger partial charge is 0.258 e. The number of anilines is 3. The minimum absolute atomic E-state index is 0.161. The zero-order chi connectivity index (χ0) is 25.4. The van der Waals surface area contributed by atoms with Crippen LogP contribution in [0.4, 0.5) is 34.1 Å². The van der Waals surface area contributed by atoms with Gasteiger partial charge in [0.1, 0.15) is 0 Å². The molecule has 0 aromatic heterocycles. The maximum Gasteiger partial charge on any atom is 0.539 e. The van der Waals surface area contributed by atoms with Gasteiger partial charge in [-0.25, -0.2) is 4.57 Å². The Morgan fingerprint density at radius 3 is 0.943 bits per heavy atom. The van der Waals surface area contributed by atoms with Crippen molar-refractivity contribution in [3.63, 3.8) is 0 Å². The van der Waals surface area contributed by atoms with Crippen molar-refractivity contribution < 1.29 is 33.2 Å². The lowest BCUT2D eigenvalue weighted by molar-refractivity contribution is -0.385. The Labute approximate surface area is 195 Å². The molecule has 0 fully saturated rings. The van der Waals surface area contributed by atoms with Gasteiger partial charge in [0.15, 0.2) is 0 Å². The normalized spacial score (nSPS) is 10.9. The number of nitrogens with one attached hydrogen (secondary N) is 3. The third kappa shape index (κ3) is 7.18. The Hall–Kier alpha value is -4.63. The summed E-state index contributed by atoms with van der Waals surface area (Å²) in [5.74, 6) is 0. The van der Waals surface area contributed by atoms with E-state index in [1.54, 1.807) is 0 Å². The molecule has 3 rings (SSSR count). The second-order valence-corrected chi connectivity index (χ2v) is 7.88. The van der Waals surface area contributed by atoms with Crippen LogP contribution >= 0.6 is 7.82 Å². The van der Waals surface area contributed by atoms with Crippen molar-refractivity contribution in [2.24, 2.45) is 0 Å². The van der Waals surface area contributed by atoms with Crippen LogP contribution in [0.2, 0.25) is 0 Å². The summed E-state index contributed by atoms with van der Waals surface area (Å²) in [5.41, 5.74) is 6.75. The van der Waals surface area contributed by atoms with Gasteiger partial charge in [-0.05, 0) is 36.4 Å². The summed E-state index contributed by atoms with van der Waals surface area (Å²) >= 11 is 0. The number of hydrogen-bond acceptors (Lipinski definition) is 13. The molecule has 3 aromatic rings. The molecule has 0 amide bonds. The number of hydrogen-bond donors (Lipinski definition) is 3. The van der Waals surface area contributed by atoms with Gasteiger partial charge in [-0.15, -0.1) is 0 Å². The molecule has 0 aliphatic rings. The largest absolute Gasteiger partial charge is 0.539 e. The predicted molar refractivity (Wildman–Crippen MR) is 121 cm³/mol. The molecule has 0 bridgehead atoms. The van der Waals surface area contributed by atoms with Crippen LogP contribution in [0.1, 0.15) is 0 Å². The number of rotatable bonds is 12. The van der Waals surface area contributed by atoms with E-state index in [0.29, 0.717) is 0 Å². The van der Waals surface area contributed by atoms with E-state index >= 15 is 0 Å². The molecule has 0 spiro atoms. The molecule has 0 saturated heterocycles. The molecule has 3 N–H and O–H groups in total. The first-order valence-electron chi connectivity index (χ1n) is 9.32. The summed E-state index contributed by atoms with van der Waals surface area (Å²) in [6.07, 6.45) is 0. The Balaban J connectivity index is 1.70. The zero-order valence-electron chi connectivity index (χ0n) is 17.3. The minimum Gasteiger partial charge on any atom is -0.258 e. The second kappa shape index (κ2) is 11.0. The predicted octanol–water partition coefficient (Wildman–Crippen LogP) is 4.95. The average molecular weight is 506 g/mol. The second-order valence-electron chi connectivity index (χ2n) is 6.44. The van der Waals surface area contributed by atoms with Crippen LogP contribution in [0.3, 0.4) is 0 Å². The summed E-state index contributed by atoms with van der Waals surface area (Å²) in [6, 6.07) is 14.7. The van der Waals surface area contributed by atoms with E-state index in [0.717, 1.165) is 0 Å². The quantitative estimate of drug-likeness (QED) is 0.169. The van der Waals surface area contributed by atoms with E-state index in [2.05, 4.69) is 16.4 Å². The maximum absolute atomic E-state index is 13.1. The van der Waals surface area contributed by atoms with E-state index in [-0.39, 0.29) is 34.1 Å². The number of nitrogens with zero attached hydrogens (tertiary/aromatic N) is 3. The Morgan fingerprint density at radius 1 is 0.514 bits per heavy atom. The highest BCUT2D eigenvalue weighted by Crippen LogP contribution is 2.49. The van der Waals surface area contributed by atoms with Crippen LogP contribution in [-0.4, -0.2) is 14.8 Å². The minimum atomic E-state index is -4.54. The van der Waals surface area contributed by atoms with E-state index in [9.17, 15) is 34.9 Å². The fourth-order valence-corrected chi connectivity index (χ4v) is 3.10. The highest BCUT2D eigenvalue weighted by atomic mass is 31.2. The van der Waals surface area contributed by atoms with Gasteiger partial charge in [-0.3, -0.25) is 46.8 Å². The van der Waals surface area contributed by atoms with Crippen molar-refractivity contribution in [2.45, 2.75) is 0 Å². The molecule has 0 radical (unpaired) electrons. The van der Waals surface area contributed by atoms with E-state index in [1.165, 1.54) is 72.8 Å². The molecular formula is C18H15N6O10P. The lowest BCUT2D eigenvalue weighted by Gasteiger charge is -2.18. The summed E-state index contributed by atoms with van der Waals surface area (Å²) in [4.78, 5) is 30.5. The van der Waals surface area contributed by atoms with Crippen LogP contribution in [0, 0.1) is 30.3 Å². The van der Waals surface area contributed by atoms with Gasteiger partial charge in [0.05, 0.1) is 31.8 Å². The van der Waals surface area contributed by atoms with Gasteiger partial charge in [-0.1, -0.05) is 0 Å². The third-order valence-corrected chi connectivity index (χ3v) is 5.00. The molecule has 3 aromatic carbocycles. The monoisotopic (exact) mass is 506 g/mol. The van der Waals surface area contributed by atoms with Crippen LogP contribution < -0.4 is 16.4 Å². The zero-order valence-corrected chi connectivity index (χ0v) is 18.2. The van der Waals surface area contributed by atoms with E-state index in [1.807, 2.05) is 0 Å². The molecule has 0 unspecified atom stereocenters. The molecule has 0 heterocycles. The van der Waals surface area contributed by atoms with Crippen molar-refractivity contribution in [3.05, 3.63) is 103 Å². The van der Waals surface area contributed by atoms with E-state index in [4.69, 9.17) is 13.9 Å². The van der Waals surface area contributed by atoms with Gasteiger partial charge in [0.2, 0.25) is 0 Å². The standard InChI is InChI=1S/C18H15N6O10P/c25-22(26)16-7-1-13(2-8-16)19-32-35(31,33-20-14-3-9-17(10-4-14)23(27)28)34-21-15-5-11-18(12-6-15)24(29)30/h1-12,19-21H. The molecule has 0 aliphatic carbocycles. The topological polar surface area (TPSA) is 210 Å². The van der Waals surface area contributed by atoms with Crippen LogP contribution in [0.25, 0.3) is 0 Å². The highest BCUT2D eigenvalue weighted by Gasteiger charge is 2.30. The first kappa shape index (κ1) is 25.0. The fourth-order valence-electron chi connectivity index (χ4n) is 2.34. The summed E-state index contributed by atoms with van der Waals surface area (Å²) < 4.78 is 28.2. The number of benzene rings is 3. The molecule has 17 heteroatoms. The Bertz CT molecular complexity index is 1100. The van der Waals surface area contributed by atoms with Crippen LogP contribution in [0.5, 0.6) is 0 Å². The first-order valence-corrected chi connectivity index (χ1v) is 10.8. The number of phosphoric acid groups is 1. The number of nitro groups is 3. The van der Waals surface area contributed by atoms with Crippen molar-refractivity contribution in [2.75, 3.05) is 16.4 Å². The molecule has 182 valence electrons. The molecule has 16 nitrogen and oxygen atoms in total. The lowest BCUT2D eigenvalue weighted by atomic mass is 10.3. The Kier molecular flexibility index (Phi) is 7.85. The maximum atomic E-state index is 13.1. The average Bonchev–Trinajstić information content (AvgIpc) is 2.86. The lowest BCUT2D eigenvalue weighted by Crippen LogP contribution is -2.11. The summed E-state index contributed by atoms with van der Waals surface area (Å²) in [5, 5.41) is 32.3. The highest BCUT2D eigenvalue weighted by molar-refractivity contribution is 7.48. The number of nitro benzene ring substituents is 3. The third-order valence-electron chi connectivity index (χ3n) is 4.06. The van der Waals surface area contributed by atoms with E-state index < -0.39 is 22.6 Å². The van der Waals surface area contributed by atoms with Gasteiger partial charge >= 0.3 is 7.82 Å². The van der Waals surface area contributed by atoms with Gasteiger partial charge < -0.3 is 0 Å². The van der Waals surface area contributed by atoms with Crippen molar-refractivity contribution in [1.29, 1.82) is 0 Å².